The Balaban J connectivity index is 3.26. The van der Waals surface area contributed by atoms with Crippen LogP contribution in [0.1, 0.15) is 79.2 Å². The average Bonchev–Trinajstić information content (AvgIpc) is 3.05. The molecular weight excluding hydrogens is 751 g/mol. The molecule has 0 radical (unpaired) electrons. The van der Waals surface area contributed by atoms with E-state index in [4.69, 9.17) is 33.7 Å². The second-order valence-electron chi connectivity index (χ2n) is 14.1. The van der Waals surface area contributed by atoms with Crippen LogP contribution in [-0.4, -0.2) is 94.6 Å². The van der Waals surface area contributed by atoms with Gasteiger partial charge in [0, 0.05) is 12.8 Å². The highest BCUT2D eigenvalue weighted by Crippen LogP contribution is 2.23. The van der Waals surface area contributed by atoms with Crippen LogP contribution in [0.2, 0.25) is 10.0 Å². The summed E-state index contributed by atoms with van der Waals surface area (Å²) >= 11 is 12.0. The van der Waals surface area contributed by atoms with Gasteiger partial charge >= 0.3 is 18.0 Å². The maximum Gasteiger partial charge on any atom is 0.407 e. The van der Waals surface area contributed by atoms with Gasteiger partial charge in [0.2, 0.25) is 29.5 Å². The minimum Gasteiger partial charge on any atom is -0.481 e. The van der Waals surface area contributed by atoms with Crippen LogP contribution in [-0.2, 0) is 44.7 Å². The molecule has 0 aliphatic rings. The van der Waals surface area contributed by atoms with Crippen molar-refractivity contribution in [2.45, 2.75) is 110 Å². The Hall–Kier alpha value is -4.64. The highest BCUT2D eigenvalue weighted by atomic mass is 35.5. The summed E-state index contributed by atoms with van der Waals surface area (Å²) in [4.78, 5) is 102. The number of nitrogens with two attached hydrogens (primary N) is 1. The zero-order valence-electron chi connectivity index (χ0n) is 31.2. The van der Waals surface area contributed by atoms with E-state index in [1.807, 2.05) is 0 Å². The number of benzene rings is 1. The highest BCUT2D eigenvalue weighted by molar-refractivity contribution is 6.42. The minimum absolute atomic E-state index is 0.00705. The Morgan fingerprint density at radius 2 is 1.15 bits per heavy atom. The zero-order chi connectivity index (χ0) is 41.3. The van der Waals surface area contributed by atoms with E-state index in [0.29, 0.717) is 5.56 Å². The molecule has 0 heterocycles. The summed E-state index contributed by atoms with van der Waals surface area (Å²) in [6.45, 7) is 10.6. The van der Waals surface area contributed by atoms with Crippen LogP contribution in [0.15, 0.2) is 18.2 Å². The Morgan fingerprint density at radius 3 is 1.59 bits per heavy atom. The van der Waals surface area contributed by atoms with Crippen molar-refractivity contribution in [1.29, 1.82) is 0 Å². The summed E-state index contributed by atoms with van der Waals surface area (Å²) < 4.78 is 5.07. The number of nitrogens with one attached hydrogen (secondary N) is 5. The summed E-state index contributed by atoms with van der Waals surface area (Å²) in [6.07, 6.45) is -2.55. The van der Waals surface area contributed by atoms with Crippen LogP contribution in [0.5, 0.6) is 0 Å². The van der Waals surface area contributed by atoms with E-state index in [-0.39, 0.29) is 66.5 Å². The summed E-state index contributed by atoms with van der Waals surface area (Å²) in [5.74, 6) is -7.82. The number of carboxylic acids is 2. The first-order chi connectivity index (χ1) is 25.1. The lowest BCUT2D eigenvalue weighted by atomic mass is 10.00. The third-order valence-electron chi connectivity index (χ3n) is 7.57. The number of halogens is 2. The number of aliphatic carboxylic acids is 2. The fourth-order valence-electron chi connectivity index (χ4n) is 4.96. The molecule has 0 bridgehead atoms. The molecule has 54 heavy (non-hydrogen) atoms. The molecule has 0 saturated heterocycles. The first-order valence-electron chi connectivity index (χ1n) is 17.4. The van der Waals surface area contributed by atoms with Gasteiger partial charge in [-0.3, -0.25) is 28.8 Å². The molecule has 302 valence electrons. The fraction of sp³-hybridized carbons (Fsp3) is 0.600. The summed E-state index contributed by atoms with van der Waals surface area (Å²) in [7, 11) is 0. The Bertz CT molecular complexity index is 1510. The van der Waals surface area contributed by atoms with E-state index in [9.17, 15) is 48.6 Å². The average molecular weight is 804 g/mol. The summed E-state index contributed by atoms with van der Waals surface area (Å²) in [5.41, 5.74) is 5.69. The van der Waals surface area contributed by atoms with Crippen LogP contribution in [0, 0.1) is 17.8 Å². The predicted molar refractivity (Wildman–Crippen MR) is 198 cm³/mol. The maximum absolute atomic E-state index is 13.6. The van der Waals surface area contributed by atoms with Gasteiger partial charge in [0.1, 0.15) is 30.2 Å². The molecule has 1 aromatic carbocycles. The first-order valence-corrected chi connectivity index (χ1v) is 18.2. The van der Waals surface area contributed by atoms with E-state index >= 15 is 0 Å². The third kappa shape index (κ3) is 18.4. The van der Waals surface area contributed by atoms with E-state index in [1.54, 1.807) is 41.5 Å². The van der Waals surface area contributed by atoms with Crippen LogP contribution >= 0.6 is 23.2 Å². The molecule has 17 nitrogen and oxygen atoms in total. The van der Waals surface area contributed by atoms with Crippen LogP contribution < -0.4 is 32.3 Å². The zero-order valence-corrected chi connectivity index (χ0v) is 32.7. The van der Waals surface area contributed by atoms with Gasteiger partial charge in [-0.15, -0.1) is 0 Å². The molecule has 0 aliphatic heterocycles. The van der Waals surface area contributed by atoms with Crippen molar-refractivity contribution >= 4 is 70.8 Å². The highest BCUT2D eigenvalue weighted by Gasteiger charge is 2.34. The quantitative estimate of drug-likeness (QED) is 0.0794. The first kappa shape index (κ1) is 47.4. The topological polar surface area (TPSA) is 272 Å². The standard InChI is InChI=1S/C35H52Cl2N6O11/c1-17(2)11-24(39-30(47)23(9-10-28(38)44)43-35(53)54-16-19(5)6)31(48)41-26(15-29(45)46)33(50)40-25(12-18(3)4)32(49)42-27(34(51)52)14-20-7-8-21(36)22(37)13-20/h7-8,13,17-19,23-27H,9-12,14-16H2,1-6H3,(H2,38,44)(H,39,47)(H,40,50)(H,41,48)(H,42,49)(H,43,53)(H,45,46)(H,51,52)/t23-,24-,25-,26-,27-/m0/s1. The van der Waals surface area contributed by atoms with Crippen molar-refractivity contribution in [2.75, 3.05) is 6.61 Å². The van der Waals surface area contributed by atoms with Gasteiger partial charge in [0.25, 0.3) is 0 Å². The van der Waals surface area contributed by atoms with Gasteiger partial charge in [-0.1, -0.05) is 70.8 Å². The number of primary amides is 1. The largest absolute Gasteiger partial charge is 0.481 e. The monoisotopic (exact) mass is 802 g/mol. The van der Waals surface area contributed by atoms with E-state index < -0.39 is 84.2 Å². The van der Waals surface area contributed by atoms with Gasteiger partial charge < -0.3 is 47.3 Å². The van der Waals surface area contributed by atoms with Gasteiger partial charge in [0.15, 0.2) is 0 Å². The number of carboxylic acid groups (broad SMARTS) is 2. The lowest BCUT2D eigenvalue weighted by molar-refractivity contribution is -0.143. The van der Waals surface area contributed by atoms with Gasteiger partial charge in [-0.2, -0.15) is 0 Å². The van der Waals surface area contributed by atoms with Crippen LogP contribution in [0.3, 0.4) is 0 Å². The molecule has 1 rings (SSSR count). The van der Waals surface area contributed by atoms with Crippen LogP contribution in [0.25, 0.3) is 0 Å². The number of ether oxygens (including phenoxy) is 1. The van der Waals surface area contributed by atoms with E-state index in [0.717, 1.165) is 0 Å². The predicted octanol–water partition coefficient (Wildman–Crippen LogP) is 2.14. The number of hydrogen-bond donors (Lipinski definition) is 8. The molecule has 0 fully saturated rings. The van der Waals surface area contributed by atoms with Crippen molar-refractivity contribution in [3.63, 3.8) is 0 Å². The second-order valence-corrected chi connectivity index (χ2v) is 14.9. The smallest absolute Gasteiger partial charge is 0.407 e. The number of amides is 6. The number of hydrogen-bond acceptors (Lipinski definition) is 9. The molecule has 5 atom stereocenters. The number of carbonyl (C=O) groups is 8. The van der Waals surface area contributed by atoms with Crippen molar-refractivity contribution in [3.05, 3.63) is 33.8 Å². The van der Waals surface area contributed by atoms with Crippen molar-refractivity contribution < 1.29 is 53.3 Å². The molecule has 1 aromatic rings. The third-order valence-corrected chi connectivity index (χ3v) is 8.31. The van der Waals surface area contributed by atoms with Crippen molar-refractivity contribution in [3.8, 4) is 0 Å². The Morgan fingerprint density at radius 1 is 0.667 bits per heavy atom. The second kappa shape index (κ2) is 23.2. The number of carbonyl (C=O) groups excluding carboxylic acids is 6. The number of rotatable bonds is 23. The van der Waals surface area contributed by atoms with E-state index in [1.165, 1.54) is 18.2 Å². The Labute approximate surface area is 324 Å². The molecular formula is C35H52Cl2N6O11. The molecule has 0 spiro atoms. The molecule has 19 heteroatoms. The summed E-state index contributed by atoms with van der Waals surface area (Å²) in [5, 5.41) is 31.9. The summed E-state index contributed by atoms with van der Waals surface area (Å²) in [6, 6.07) is -2.78. The molecule has 9 N–H and O–H groups in total. The SMILES string of the molecule is CC(C)COC(=O)N[C@@H](CCC(N)=O)C(=O)N[C@@H](CC(C)C)C(=O)N[C@@H](CC(=O)O)C(=O)N[C@@H](CC(C)C)C(=O)N[C@@H](Cc1ccc(Cl)c(Cl)c1)C(=O)O. The minimum atomic E-state index is -1.75. The molecule has 6 amide bonds. The van der Waals surface area contributed by atoms with Gasteiger partial charge in [-0.25, -0.2) is 9.59 Å². The van der Waals surface area contributed by atoms with Crippen molar-refractivity contribution in [2.24, 2.45) is 23.5 Å². The van der Waals surface area contributed by atoms with Crippen molar-refractivity contribution in [1.82, 2.24) is 26.6 Å². The van der Waals surface area contributed by atoms with Gasteiger partial charge in [-0.05, 0) is 54.7 Å². The number of alkyl carbamates (subject to hydrolysis) is 1. The fourth-order valence-corrected chi connectivity index (χ4v) is 5.28. The lowest BCUT2D eigenvalue weighted by Gasteiger charge is -2.27. The molecule has 0 saturated carbocycles. The Kier molecular flexibility index (Phi) is 20.4. The van der Waals surface area contributed by atoms with Crippen LogP contribution in [0.4, 0.5) is 4.79 Å². The molecule has 0 unspecified atom stereocenters. The van der Waals surface area contributed by atoms with Gasteiger partial charge in [0.05, 0.1) is 23.1 Å². The molecule has 0 aromatic heterocycles. The van der Waals surface area contributed by atoms with E-state index in [2.05, 4.69) is 26.6 Å². The normalized spacial score (nSPS) is 13.9. The molecule has 0 aliphatic carbocycles. The lowest BCUT2D eigenvalue weighted by Crippen LogP contribution is -2.59. The maximum atomic E-state index is 13.6.